The molecule has 0 bridgehead atoms. The SMILES string of the molecule is COc1ccc(C=Nc2cc(Cl)c(Cl)cc2Cl)cc1OC. The van der Waals surface area contributed by atoms with Gasteiger partial charge >= 0.3 is 0 Å². The lowest BCUT2D eigenvalue weighted by atomic mass is 10.2. The quantitative estimate of drug-likeness (QED) is 0.548. The fourth-order valence-electron chi connectivity index (χ4n) is 1.69. The van der Waals surface area contributed by atoms with Gasteiger partial charge in [0.2, 0.25) is 0 Å². The van der Waals surface area contributed by atoms with Gasteiger partial charge in [0.1, 0.15) is 0 Å². The standard InChI is InChI=1S/C15H12Cl3NO2/c1-20-14-4-3-9(5-15(14)21-2)8-19-13-7-11(17)10(16)6-12(13)18/h3-8H,1-2H3. The predicted molar refractivity (Wildman–Crippen MR) is 88.3 cm³/mol. The van der Waals surface area contributed by atoms with E-state index < -0.39 is 0 Å². The largest absolute Gasteiger partial charge is 0.493 e. The van der Waals surface area contributed by atoms with Gasteiger partial charge in [-0.3, -0.25) is 4.99 Å². The van der Waals surface area contributed by atoms with Gasteiger partial charge in [-0.05, 0) is 35.9 Å². The molecule has 0 heterocycles. The molecule has 0 aliphatic heterocycles. The van der Waals surface area contributed by atoms with E-state index in [0.29, 0.717) is 32.3 Å². The fraction of sp³-hybridized carbons (Fsp3) is 0.133. The zero-order valence-corrected chi connectivity index (χ0v) is 13.6. The van der Waals surface area contributed by atoms with E-state index in [2.05, 4.69) is 4.99 Å². The van der Waals surface area contributed by atoms with Crippen molar-refractivity contribution in [2.24, 2.45) is 4.99 Å². The van der Waals surface area contributed by atoms with E-state index in [9.17, 15) is 0 Å². The molecule has 0 saturated heterocycles. The zero-order chi connectivity index (χ0) is 15.4. The van der Waals surface area contributed by atoms with E-state index in [4.69, 9.17) is 44.3 Å². The molecule has 0 N–H and O–H groups in total. The Balaban J connectivity index is 2.31. The summed E-state index contributed by atoms with van der Waals surface area (Å²) in [6.07, 6.45) is 1.66. The highest BCUT2D eigenvalue weighted by Crippen LogP contribution is 2.34. The third-order valence-electron chi connectivity index (χ3n) is 2.75. The minimum atomic E-state index is 0.395. The van der Waals surface area contributed by atoms with Crippen LogP contribution in [0, 0.1) is 0 Å². The summed E-state index contributed by atoms with van der Waals surface area (Å²) in [5, 5.41) is 1.23. The van der Waals surface area contributed by atoms with E-state index in [1.807, 2.05) is 12.1 Å². The van der Waals surface area contributed by atoms with Crippen LogP contribution in [-0.2, 0) is 0 Å². The monoisotopic (exact) mass is 343 g/mol. The van der Waals surface area contributed by atoms with Gasteiger partial charge < -0.3 is 9.47 Å². The molecule has 0 radical (unpaired) electrons. The smallest absolute Gasteiger partial charge is 0.161 e. The number of aliphatic imine (C=N–C) groups is 1. The van der Waals surface area contributed by atoms with E-state index in [0.717, 1.165) is 5.56 Å². The number of nitrogens with zero attached hydrogens (tertiary/aromatic N) is 1. The second-order valence-corrected chi connectivity index (χ2v) is 5.31. The first kappa shape index (κ1) is 16.0. The maximum absolute atomic E-state index is 6.07. The highest BCUT2D eigenvalue weighted by molar-refractivity contribution is 6.43. The van der Waals surface area contributed by atoms with E-state index >= 15 is 0 Å². The van der Waals surface area contributed by atoms with Gasteiger partial charge in [0, 0.05) is 6.21 Å². The highest BCUT2D eigenvalue weighted by atomic mass is 35.5. The van der Waals surface area contributed by atoms with Crippen molar-refractivity contribution in [2.75, 3.05) is 14.2 Å². The summed E-state index contributed by atoms with van der Waals surface area (Å²) >= 11 is 17.9. The Morgan fingerprint density at radius 1 is 0.857 bits per heavy atom. The molecule has 0 fully saturated rings. The van der Waals surface area contributed by atoms with Crippen molar-refractivity contribution in [3.63, 3.8) is 0 Å². The van der Waals surface area contributed by atoms with Gasteiger partial charge in [-0.25, -0.2) is 0 Å². The Bertz CT molecular complexity index is 687. The average Bonchev–Trinajstić information content (AvgIpc) is 2.49. The van der Waals surface area contributed by atoms with Crippen LogP contribution in [0.5, 0.6) is 11.5 Å². The second-order valence-electron chi connectivity index (χ2n) is 4.09. The number of benzene rings is 2. The molecule has 3 nitrogen and oxygen atoms in total. The Morgan fingerprint density at radius 3 is 2.19 bits per heavy atom. The molecule has 0 spiro atoms. The summed E-state index contributed by atoms with van der Waals surface area (Å²) in [4.78, 5) is 4.31. The molecule has 2 aromatic rings. The maximum Gasteiger partial charge on any atom is 0.161 e. The van der Waals surface area contributed by atoms with Crippen LogP contribution in [0.4, 0.5) is 5.69 Å². The fourth-order valence-corrected chi connectivity index (χ4v) is 2.28. The van der Waals surface area contributed by atoms with Crippen LogP contribution in [0.1, 0.15) is 5.56 Å². The molecule has 0 unspecified atom stereocenters. The molecule has 2 aromatic carbocycles. The van der Waals surface area contributed by atoms with Gasteiger partial charge in [-0.1, -0.05) is 34.8 Å². The highest BCUT2D eigenvalue weighted by Gasteiger charge is 2.06. The number of hydrogen-bond acceptors (Lipinski definition) is 3. The van der Waals surface area contributed by atoms with Gasteiger partial charge in [0.15, 0.2) is 11.5 Å². The summed E-state index contributed by atoms with van der Waals surface area (Å²) < 4.78 is 10.4. The summed E-state index contributed by atoms with van der Waals surface area (Å²) in [5.74, 6) is 1.28. The average molecular weight is 345 g/mol. The zero-order valence-electron chi connectivity index (χ0n) is 11.4. The molecular formula is C15H12Cl3NO2. The molecule has 0 saturated carbocycles. The molecule has 0 amide bonds. The lowest BCUT2D eigenvalue weighted by Gasteiger charge is -2.07. The predicted octanol–water partition coefficient (Wildman–Crippen LogP) is 5.41. The van der Waals surface area contributed by atoms with Crippen molar-refractivity contribution in [3.8, 4) is 11.5 Å². The number of ether oxygens (including phenoxy) is 2. The Labute approximate surface area is 138 Å². The minimum Gasteiger partial charge on any atom is -0.493 e. The topological polar surface area (TPSA) is 30.8 Å². The van der Waals surface area contributed by atoms with Crippen LogP contribution in [0.2, 0.25) is 15.1 Å². The molecule has 0 aliphatic carbocycles. The summed E-state index contributed by atoms with van der Waals surface area (Å²) in [6, 6.07) is 8.65. The molecule has 0 aromatic heterocycles. The normalized spacial score (nSPS) is 10.9. The Hall–Kier alpha value is -1.42. The van der Waals surface area contributed by atoms with Crippen molar-refractivity contribution < 1.29 is 9.47 Å². The maximum atomic E-state index is 6.07. The van der Waals surface area contributed by atoms with Gasteiger partial charge in [0.25, 0.3) is 0 Å². The van der Waals surface area contributed by atoms with E-state index in [-0.39, 0.29) is 0 Å². The third-order valence-corrected chi connectivity index (χ3v) is 3.77. The minimum absolute atomic E-state index is 0.395. The second kappa shape index (κ2) is 7.03. The first-order chi connectivity index (χ1) is 10.0. The number of hydrogen-bond donors (Lipinski definition) is 0. The van der Waals surface area contributed by atoms with Crippen molar-refractivity contribution in [1.82, 2.24) is 0 Å². The molecule has 2 rings (SSSR count). The van der Waals surface area contributed by atoms with Crippen LogP contribution < -0.4 is 9.47 Å². The van der Waals surface area contributed by atoms with Crippen LogP contribution in [0.15, 0.2) is 35.3 Å². The van der Waals surface area contributed by atoms with Gasteiger partial charge in [-0.15, -0.1) is 0 Å². The van der Waals surface area contributed by atoms with Crippen molar-refractivity contribution in [2.45, 2.75) is 0 Å². The van der Waals surface area contributed by atoms with Gasteiger partial charge in [-0.2, -0.15) is 0 Å². The molecule has 0 atom stereocenters. The first-order valence-electron chi connectivity index (χ1n) is 5.95. The van der Waals surface area contributed by atoms with Crippen molar-refractivity contribution in [1.29, 1.82) is 0 Å². The van der Waals surface area contributed by atoms with E-state index in [1.165, 1.54) is 0 Å². The molecule has 21 heavy (non-hydrogen) atoms. The lowest BCUT2D eigenvalue weighted by molar-refractivity contribution is 0.355. The number of halogens is 3. The summed E-state index contributed by atoms with van der Waals surface area (Å²) in [5.41, 5.74) is 1.38. The van der Waals surface area contributed by atoms with Crippen LogP contribution in [0.25, 0.3) is 0 Å². The van der Waals surface area contributed by atoms with Crippen LogP contribution in [-0.4, -0.2) is 20.4 Å². The van der Waals surface area contributed by atoms with E-state index in [1.54, 1.807) is 38.6 Å². The summed E-state index contributed by atoms with van der Waals surface area (Å²) in [6.45, 7) is 0. The van der Waals surface area contributed by atoms with Gasteiger partial charge in [0.05, 0.1) is 35.0 Å². The van der Waals surface area contributed by atoms with Crippen LogP contribution >= 0.6 is 34.8 Å². The number of methoxy groups -OCH3 is 2. The molecular weight excluding hydrogens is 333 g/mol. The molecule has 6 heteroatoms. The lowest BCUT2D eigenvalue weighted by Crippen LogP contribution is -1.92. The Morgan fingerprint density at radius 2 is 1.52 bits per heavy atom. The van der Waals surface area contributed by atoms with Crippen molar-refractivity contribution >= 4 is 46.7 Å². The Kier molecular flexibility index (Phi) is 5.34. The summed E-state index contributed by atoms with van der Waals surface area (Å²) in [7, 11) is 3.16. The first-order valence-corrected chi connectivity index (χ1v) is 7.09. The molecule has 110 valence electrons. The third kappa shape index (κ3) is 3.82. The number of rotatable bonds is 4. The van der Waals surface area contributed by atoms with Crippen molar-refractivity contribution in [3.05, 3.63) is 51.0 Å². The molecule has 0 aliphatic rings. The van der Waals surface area contributed by atoms with Crippen LogP contribution in [0.3, 0.4) is 0 Å².